The first kappa shape index (κ1) is 16.4. The van der Waals surface area contributed by atoms with E-state index in [1.165, 1.54) is 4.90 Å². The van der Waals surface area contributed by atoms with E-state index in [4.69, 9.17) is 9.47 Å². The number of carbonyl (C=O) groups is 2. The number of likely N-dealkylation sites (tertiary alicyclic amines) is 1. The average molecular weight is 353 g/mol. The van der Waals surface area contributed by atoms with Gasteiger partial charge < -0.3 is 19.5 Å². The number of fused-ring (bicyclic) bond motifs is 2. The Bertz CT molecular complexity index is 878. The van der Waals surface area contributed by atoms with Crippen LogP contribution < -0.4 is 9.47 Å². The van der Waals surface area contributed by atoms with Crippen LogP contribution in [-0.2, 0) is 9.59 Å². The summed E-state index contributed by atoms with van der Waals surface area (Å²) in [6, 6.07) is 12.5. The molecule has 2 heterocycles. The van der Waals surface area contributed by atoms with Crippen LogP contribution >= 0.6 is 0 Å². The number of benzene rings is 2. The summed E-state index contributed by atoms with van der Waals surface area (Å²) in [4.78, 5) is 25.4. The van der Waals surface area contributed by atoms with E-state index in [1.807, 2.05) is 42.5 Å². The van der Waals surface area contributed by atoms with Crippen molar-refractivity contribution >= 4 is 11.9 Å². The van der Waals surface area contributed by atoms with E-state index < -0.39 is 12.0 Å². The standard InChI is InChI=1S/C20H19NO5/c1-25-17-8-4-6-13-14(11-21-15(20(23)24)9-10-18(21)22)12-5-2-3-7-16(12)26-19(13)17/h2-8,14-15H,9-11H2,1H3,(H,23,24). The van der Waals surface area contributed by atoms with E-state index in [1.54, 1.807) is 7.11 Å². The maximum atomic E-state index is 12.3. The highest BCUT2D eigenvalue weighted by Gasteiger charge is 2.39. The molecule has 1 fully saturated rings. The summed E-state index contributed by atoms with van der Waals surface area (Å²) in [6.07, 6.45) is 0.622. The SMILES string of the molecule is COc1cccc2c1Oc1ccccc1C2CN1C(=O)CCC1C(=O)O. The Morgan fingerprint density at radius 2 is 2.00 bits per heavy atom. The van der Waals surface area contributed by atoms with Crippen molar-refractivity contribution in [2.75, 3.05) is 13.7 Å². The van der Waals surface area contributed by atoms with Gasteiger partial charge in [-0.1, -0.05) is 30.3 Å². The summed E-state index contributed by atoms with van der Waals surface area (Å²) in [6.45, 7) is 0.302. The van der Waals surface area contributed by atoms with Gasteiger partial charge >= 0.3 is 5.97 Å². The van der Waals surface area contributed by atoms with E-state index in [0.717, 1.165) is 11.1 Å². The third-order valence-corrected chi connectivity index (χ3v) is 5.10. The quantitative estimate of drug-likeness (QED) is 0.914. The Balaban J connectivity index is 1.78. The van der Waals surface area contributed by atoms with E-state index in [9.17, 15) is 14.7 Å². The number of para-hydroxylation sites is 2. The zero-order valence-corrected chi connectivity index (χ0v) is 14.3. The topological polar surface area (TPSA) is 76.1 Å². The Kier molecular flexibility index (Phi) is 4.03. The largest absolute Gasteiger partial charge is 0.493 e. The van der Waals surface area contributed by atoms with Crippen LogP contribution in [0.2, 0.25) is 0 Å². The van der Waals surface area contributed by atoms with Crippen LogP contribution in [0.25, 0.3) is 0 Å². The van der Waals surface area contributed by atoms with Gasteiger partial charge in [-0.3, -0.25) is 4.79 Å². The number of carboxylic acid groups (broad SMARTS) is 1. The smallest absolute Gasteiger partial charge is 0.326 e. The number of hydrogen-bond donors (Lipinski definition) is 1. The maximum Gasteiger partial charge on any atom is 0.326 e. The van der Waals surface area contributed by atoms with Crippen molar-refractivity contribution in [3.63, 3.8) is 0 Å². The van der Waals surface area contributed by atoms with Gasteiger partial charge in [0.25, 0.3) is 0 Å². The van der Waals surface area contributed by atoms with Crippen LogP contribution in [0.5, 0.6) is 17.2 Å². The van der Waals surface area contributed by atoms with E-state index in [0.29, 0.717) is 30.2 Å². The van der Waals surface area contributed by atoms with Crippen molar-refractivity contribution in [3.8, 4) is 17.2 Å². The van der Waals surface area contributed by atoms with Gasteiger partial charge in [0, 0.05) is 30.0 Å². The summed E-state index contributed by atoms with van der Waals surface area (Å²) in [5, 5.41) is 9.47. The van der Waals surface area contributed by atoms with Gasteiger partial charge in [0.1, 0.15) is 11.8 Å². The number of ether oxygens (including phenoxy) is 2. The highest BCUT2D eigenvalue weighted by molar-refractivity contribution is 5.87. The van der Waals surface area contributed by atoms with Crippen molar-refractivity contribution in [3.05, 3.63) is 53.6 Å². The lowest BCUT2D eigenvalue weighted by Crippen LogP contribution is -2.41. The molecule has 0 aliphatic carbocycles. The van der Waals surface area contributed by atoms with E-state index >= 15 is 0 Å². The van der Waals surface area contributed by atoms with Gasteiger partial charge in [0.05, 0.1) is 7.11 Å². The van der Waals surface area contributed by atoms with Crippen molar-refractivity contribution in [2.24, 2.45) is 0 Å². The summed E-state index contributed by atoms with van der Waals surface area (Å²) in [5.74, 6) is 0.691. The molecule has 0 spiro atoms. The number of nitrogens with zero attached hydrogens (tertiary/aromatic N) is 1. The van der Waals surface area contributed by atoms with E-state index in [-0.39, 0.29) is 18.2 Å². The van der Waals surface area contributed by atoms with Crippen LogP contribution in [0.15, 0.2) is 42.5 Å². The lowest BCUT2D eigenvalue weighted by Gasteiger charge is -2.33. The highest BCUT2D eigenvalue weighted by atomic mass is 16.5. The monoisotopic (exact) mass is 353 g/mol. The second-order valence-corrected chi connectivity index (χ2v) is 6.51. The third kappa shape index (κ3) is 2.58. The Labute approximate surface area is 151 Å². The van der Waals surface area contributed by atoms with Crippen molar-refractivity contribution in [1.82, 2.24) is 4.90 Å². The molecule has 1 saturated heterocycles. The number of methoxy groups -OCH3 is 1. The Morgan fingerprint density at radius 3 is 2.77 bits per heavy atom. The summed E-state index contributed by atoms with van der Waals surface area (Å²) in [7, 11) is 1.58. The van der Waals surface area contributed by atoms with Gasteiger partial charge in [-0.15, -0.1) is 0 Å². The molecule has 2 aliphatic heterocycles. The molecule has 1 amide bonds. The fourth-order valence-corrected chi connectivity index (χ4v) is 3.83. The normalized spacial score (nSPS) is 21.0. The molecule has 0 saturated carbocycles. The number of carboxylic acids is 1. The molecule has 6 heteroatoms. The molecule has 2 aromatic rings. The maximum absolute atomic E-state index is 12.3. The van der Waals surface area contributed by atoms with Gasteiger partial charge in [0.2, 0.25) is 5.91 Å². The molecule has 26 heavy (non-hydrogen) atoms. The molecule has 6 nitrogen and oxygen atoms in total. The summed E-state index contributed by atoms with van der Waals surface area (Å²) in [5.41, 5.74) is 1.84. The van der Waals surface area contributed by atoms with Gasteiger partial charge in [-0.05, 0) is 18.6 Å². The molecule has 2 unspecified atom stereocenters. The Morgan fingerprint density at radius 1 is 1.23 bits per heavy atom. The van der Waals surface area contributed by atoms with Crippen molar-refractivity contribution in [1.29, 1.82) is 0 Å². The minimum Gasteiger partial charge on any atom is -0.493 e. The fraction of sp³-hybridized carbons (Fsp3) is 0.300. The first-order valence-electron chi connectivity index (χ1n) is 8.56. The molecule has 2 aliphatic rings. The molecule has 1 N–H and O–H groups in total. The summed E-state index contributed by atoms with van der Waals surface area (Å²) < 4.78 is 11.5. The predicted octanol–water partition coefficient (Wildman–Crippen LogP) is 3.01. The molecule has 0 radical (unpaired) electrons. The molecular formula is C20H19NO5. The first-order chi connectivity index (χ1) is 12.6. The number of amides is 1. The summed E-state index contributed by atoms with van der Waals surface area (Å²) >= 11 is 0. The van der Waals surface area contributed by atoms with Crippen molar-refractivity contribution in [2.45, 2.75) is 24.8 Å². The molecule has 0 aromatic heterocycles. The van der Waals surface area contributed by atoms with E-state index in [2.05, 4.69) is 0 Å². The van der Waals surface area contributed by atoms with Crippen LogP contribution in [0, 0.1) is 0 Å². The minimum absolute atomic E-state index is 0.120. The van der Waals surface area contributed by atoms with Gasteiger partial charge in [-0.2, -0.15) is 0 Å². The Hall–Kier alpha value is -3.02. The lowest BCUT2D eigenvalue weighted by molar-refractivity contribution is -0.146. The average Bonchev–Trinajstić information content (AvgIpc) is 3.02. The lowest BCUT2D eigenvalue weighted by atomic mass is 9.87. The third-order valence-electron chi connectivity index (χ3n) is 5.10. The molecule has 0 bridgehead atoms. The van der Waals surface area contributed by atoms with Crippen LogP contribution in [0.3, 0.4) is 0 Å². The number of rotatable bonds is 4. The molecular weight excluding hydrogens is 334 g/mol. The number of aliphatic carboxylic acids is 1. The molecule has 2 atom stereocenters. The zero-order chi connectivity index (χ0) is 18.3. The molecule has 4 rings (SSSR count). The number of carbonyl (C=O) groups excluding carboxylic acids is 1. The van der Waals surface area contributed by atoms with Crippen LogP contribution in [0.4, 0.5) is 0 Å². The fourth-order valence-electron chi connectivity index (χ4n) is 3.83. The predicted molar refractivity (Wildman–Crippen MR) is 93.7 cm³/mol. The molecule has 2 aromatic carbocycles. The molecule has 134 valence electrons. The van der Waals surface area contributed by atoms with Crippen molar-refractivity contribution < 1.29 is 24.2 Å². The minimum atomic E-state index is -0.956. The highest BCUT2D eigenvalue weighted by Crippen LogP contribution is 2.48. The van der Waals surface area contributed by atoms with Gasteiger partial charge in [-0.25, -0.2) is 4.79 Å². The van der Waals surface area contributed by atoms with Gasteiger partial charge in [0.15, 0.2) is 11.5 Å². The van der Waals surface area contributed by atoms with Crippen LogP contribution in [0.1, 0.15) is 29.9 Å². The zero-order valence-electron chi connectivity index (χ0n) is 14.3. The first-order valence-corrected chi connectivity index (χ1v) is 8.56. The second kappa shape index (κ2) is 6.37. The number of hydrogen-bond acceptors (Lipinski definition) is 4. The van der Waals surface area contributed by atoms with Crippen LogP contribution in [-0.4, -0.2) is 41.6 Å². The second-order valence-electron chi connectivity index (χ2n) is 6.51.